The molecular formula is C14H22N2. The summed E-state index contributed by atoms with van der Waals surface area (Å²) >= 11 is 0. The van der Waals surface area contributed by atoms with Gasteiger partial charge in [-0.05, 0) is 55.3 Å². The molecule has 1 fully saturated rings. The molecule has 1 aromatic rings. The molecule has 1 unspecified atom stereocenters. The van der Waals surface area contributed by atoms with E-state index in [4.69, 9.17) is 5.73 Å². The largest absolute Gasteiger partial charge is 0.399 e. The fourth-order valence-electron chi connectivity index (χ4n) is 2.12. The molecule has 88 valence electrons. The van der Waals surface area contributed by atoms with Gasteiger partial charge in [0.1, 0.15) is 0 Å². The van der Waals surface area contributed by atoms with E-state index in [1.54, 1.807) is 0 Å². The lowest BCUT2D eigenvalue weighted by Crippen LogP contribution is -2.21. The van der Waals surface area contributed by atoms with Crippen molar-refractivity contribution in [2.75, 3.05) is 12.3 Å². The Hall–Kier alpha value is -1.02. The molecule has 1 atom stereocenters. The first-order chi connectivity index (χ1) is 7.66. The monoisotopic (exact) mass is 218 g/mol. The van der Waals surface area contributed by atoms with Crippen molar-refractivity contribution in [3.05, 3.63) is 29.3 Å². The van der Waals surface area contributed by atoms with E-state index in [9.17, 15) is 0 Å². The molecule has 0 amide bonds. The zero-order chi connectivity index (χ0) is 11.5. The highest BCUT2D eigenvalue weighted by Crippen LogP contribution is 2.36. The van der Waals surface area contributed by atoms with Crippen LogP contribution in [0.5, 0.6) is 0 Å². The van der Waals surface area contributed by atoms with E-state index in [1.165, 1.54) is 24.0 Å². The number of hydrogen-bond donors (Lipinski definition) is 2. The summed E-state index contributed by atoms with van der Waals surface area (Å²) in [5.41, 5.74) is 9.18. The van der Waals surface area contributed by atoms with Gasteiger partial charge >= 0.3 is 0 Å². The molecule has 1 aliphatic carbocycles. The first-order valence-corrected chi connectivity index (χ1v) is 6.22. The lowest BCUT2D eigenvalue weighted by Gasteiger charge is -2.12. The summed E-state index contributed by atoms with van der Waals surface area (Å²) in [7, 11) is 0. The van der Waals surface area contributed by atoms with Crippen molar-refractivity contribution in [1.82, 2.24) is 5.32 Å². The van der Waals surface area contributed by atoms with Gasteiger partial charge in [0.05, 0.1) is 0 Å². The van der Waals surface area contributed by atoms with Crippen LogP contribution < -0.4 is 11.1 Å². The first kappa shape index (κ1) is 11.5. The van der Waals surface area contributed by atoms with Gasteiger partial charge in [-0.15, -0.1) is 0 Å². The highest BCUT2D eigenvalue weighted by molar-refractivity contribution is 5.47. The lowest BCUT2D eigenvalue weighted by atomic mass is 10.1. The van der Waals surface area contributed by atoms with E-state index in [2.05, 4.69) is 31.3 Å². The van der Waals surface area contributed by atoms with Crippen LogP contribution in [0.15, 0.2) is 18.2 Å². The van der Waals surface area contributed by atoms with Crippen LogP contribution in [0.4, 0.5) is 5.69 Å². The van der Waals surface area contributed by atoms with Crippen molar-refractivity contribution >= 4 is 5.69 Å². The predicted octanol–water partition coefficient (Wildman–Crippen LogP) is 2.71. The van der Waals surface area contributed by atoms with Gasteiger partial charge in [-0.3, -0.25) is 0 Å². The lowest BCUT2D eigenvalue weighted by molar-refractivity contribution is 0.461. The zero-order valence-electron chi connectivity index (χ0n) is 10.3. The Morgan fingerprint density at radius 2 is 2.19 bits per heavy atom. The second-order valence-corrected chi connectivity index (χ2v) is 5.14. The molecule has 0 saturated heterocycles. The Balaban J connectivity index is 1.78. The van der Waals surface area contributed by atoms with Crippen LogP contribution in [0.25, 0.3) is 0 Å². The van der Waals surface area contributed by atoms with Gasteiger partial charge in [0, 0.05) is 12.2 Å². The summed E-state index contributed by atoms with van der Waals surface area (Å²) in [4.78, 5) is 0. The molecule has 1 saturated carbocycles. The average Bonchev–Trinajstić information content (AvgIpc) is 3.07. The summed E-state index contributed by atoms with van der Waals surface area (Å²) in [6.07, 6.45) is 2.87. The maximum atomic E-state index is 5.79. The van der Waals surface area contributed by atoms with Gasteiger partial charge in [0.2, 0.25) is 0 Å². The predicted molar refractivity (Wildman–Crippen MR) is 69.2 cm³/mol. The van der Waals surface area contributed by atoms with Crippen LogP contribution in [0.2, 0.25) is 0 Å². The van der Waals surface area contributed by atoms with Crippen LogP contribution >= 0.6 is 0 Å². The van der Waals surface area contributed by atoms with E-state index in [0.29, 0.717) is 0 Å². The molecule has 0 bridgehead atoms. The number of aryl methyl sites for hydroxylation is 1. The molecule has 0 spiro atoms. The molecule has 2 rings (SSSR count). The molecule has 0 radical (unpaired) electrons. The summed E-state index contributed by atoms with van der Waals surface area (Å²) < 4.78 is 0. The molecule has 2 heteroatoms. The second kappa shape index (κ2) is 4.88. The van der Waals surface area contributed by atoms with Crippen molar-refractivity contribution in [1.29, 1.82) is 0 Å². The number of nitrogens with one attached hydrogen (secondary N) is 1. The van der Waals surface area contributed by atoms with Crippen LogP contribution in [-0.2, 0) is 6.54 Å². The van der Waals surface area contributed by atoms with Crippen molar-refractivity contribution in [3.8, 4) is 0 Å². The molecule has 2 nitrogen and oxygen atoms in total. The first-order valence-electron chi connectivity index (χ1n) is 6.22. The van der Waals surface area contributed by atoms with Gasteiger partial charge < -0.3 is 11.1 Å². The smallest absolute Gasteiger partial charge is 0.0343 e. The highest BCUT2D eigenvalue weighted by atomic mass is 14.9. The van der Waals surface area contributed by atoms with Crippen LogP contribution in [-0.4, -0.2) is 6.54 Å². The fraction of sp³-hybridized carbons (Fsp3) is 0.571. The van der Waals surface area contributed by atoms with Gasteiger partial charge in [0.25, 0.3) is 0 Å². The molecule has 1 aromatic carbocycles. The van der Waals surface area contributed by atoms with E-state index < -0.39 is 0 Å². The molecule has 3 N–H and O–H groups in total. The summed E-state index contributed by atoms with van der Waals surface area (Å²) in [5.74, 6) is 1.82. The number of hydrogen-bond acceptors (Lipinski definition) is 2. The van der Waals surface area contributed by atoms with E-state index >= 15 is 0 Å². The minimum atomic E-state index is 0.829. The molecule has 0 aliphatic heterocycles. The van der Waals surface area contributed by atoms with Crippen LogP contribution in [0.3, 0.4) is 0 Å². The van der Waals surface area contributed by atoms with Crippen molar-refractivity contribution in [2.45, 2.75) is 33.2 Å². The van der Waals surface area contributed by atoms with Gasteiger partial charge in [-0.2, -0.15) is 0 Å². The maximum absolute atomic E-state index is 5.79. The SMILES string of the molecule is Cc1cc(CNCC(C)C2CC2)ccc1N. The van der Waals surface area contributed by atoms with Gasteiger partial charge in [-0.1, -0.05) is 19.1 Å². The topological polar surface area (TPSA) is 38.0 Å². The van der Waals surface area contributed by atoms with E-state index in [-0.39, 0.29) is 0 Å². The number of benzene rings is 1. The Morgan fingerprint density at radius 3 is 2.81 bits per heavy atom. The fourth-order valence-corrected chi connectivity index (χ4v) is 2.12. The summed E-state index contributed by atoms with van der Waals surface area (Å²) in [6.45, 7) is 6.50. The summed E-state index contributed by atoms with van der Waals surface area (Å²) in [6, 6.07) is 6.28. The zero-order valence-corrected chi connectivity index (χ0v) is 10.3. The second-order valence-electron chi connectivity index (χ2n) is 5.14. The van der Waals surface area contributed by atoms with Crippen molar-refractivity contribution in [3.63, 3.8) is 0 Å². The quantitative estimate of drug-likeness (QED) is 0.746. The van der Waals surface area contributed by atoms with Crippen molar-refractivity contribution < 1.29 is 0 Å². The Bertz CT molecular complexity index is 356. The maximum Gasteiger partial charge on any atom is 0.0343 e. The standard InChI is InChI=1S/C14H22N2/c1-10-7-12(3-6-14(10)15)9-16-8-11(2)13-4-5-13/h3,6-7,11,13,16H,4-5,8-9,15H2,1-2H3. The number of nitrogens with two attached hydrogens (primary N) is 1. The minimum absolute atomic E-state index is 0.829. The number of rotatable bonds is 5. The Labute approximate surface area is 98.2 Å². The van der Waals surface area contributed by atoms with Crippen LogP contribution in [0.1, 0.15) is 30.9 Å². The Morgan fingerprint density at radius 1 is 1.44 bits per heavy atom. The van der Waals surface area contributed by atoms with Gasteiger partial charge in [0.15, 0.2) is 0 Å². The number of anilines is 1. The third-order valence-corrected chi connectivity index (χ3v) is 3.56. The summed E-state index contributed by atoms with van der Waals surface area (Å²) in [5, 5.41) is 3.53. The highest BCUT2D eigenvalue weighted by Gasteiger charge is 2.27. The Kier molecular flexibility index (Phi) is 3.49. The van der Waals surface area contributed by atoms with Crippen LogP contribution in [0, 0.1) is 18.8 Å². The number of nitrogen functional groups attached to an aromatic ring is 1. The third kappa shape index (κ3) is 2.99. The molecule has 0 aromatic heterocycles. The molecular weight excluding hydrogens is 196 g/mol. The minimum Gasteiger partial charge on any atom is -0.399 e. The average molecular weight is 218 g/mol. The van der Waals surface area contributed by atoms with E-state index in [1.807, 2.05) is 6.07 Å². The van der Waals surface area contributed by atoms with Crippen molar-refractivity contribution in [2.24, 2.45) is 11.8 Å². The molecule has 1 aliphatic rings. The van der Waals surface area contributed by atoms with Gasteiger partial charge in [-0.25, -0.2) is 0 Å². The van der Waals surface area contributed by atoms with E-state index in [0.717, 1.165) is 30.6 Å². The molecule has 0 heterocycles. The third-order valence-electron chi connectivity index (χ3n) is 3.56. The molecule has 16 heavy (non-hydrogen) atoms. The normalized spacial score (nSPS) is 17.4.